The Labute approximate surface area is 407 Å². The van der Waals surface area contributed by atoms with E-state index in [1.165, 1.54) is 6.20 Å². The predicted molar refractivity (Wildman–Crippen MR) is 269 cm³/mol. The first-order valence-electron chi connectivity index (χ1n) is 23.5. The Bertz CT molecular complexity index is 2820. The van der Waals surface area contributed by atoms with Gasteiger partial charge in [0, 0.05) is 117 Å². The number of hydrogen-bond acceptors (Lipinski definition) is 16. The average Bonchev–Trinajstić information content (AvgIpc) is 3.40. The van der Waals surface area contributed by atoms with E-state index in [2.05, 4.69) is 25.1 Å². The second-order valence-corrected chi connectivity index (χ2v) is 16.5. The van der Waals surface area contributed by atoms with Crippen LogP contribution in [0.15, 0.2) is 109 Å². The number of amides is 1. The van der Waals surface area contributed by atoms with Crippen LogP contribution in [0.1, 0.15) is 22.5 Å². The van der Waals surface area contributed by atoms with Gasteiger partial charge in [-0.3, -0.25) is 19.7 Å². The van der Waals surface area contributed by atoms with Crippen molar-refractivity contribution in [2.45, 2.75) is 12.8 Å². The molecule has 1 amide bonds. The third-order valence-corrected chi connectivity index (χ3v) is 11.9. The first-order chi connectivity index (χ1) is 34.4. The van der Waals surface area contributed by atoms with Gasteiger partial charge in [-0.05, 0) is 54.8 Å². The Morgan fingerprint density at radius 1 is 0.671 bits per heavy atom. The highest BCUT2D eigenvalue weighted by atomic mass is 16.5. The first-order valence-corrected chi connectivity index (χ1v) is 23.5. The fraction of sp³-hybridized carbons (Fsp3) is 0.340. The molecule has 70 heavy (non-hydrogen) atoms. The van der Waals surface area contributed by atoms with Crippen LogP contribution in [-0.2, 0) is 15.9 Å². The number of benzene rings is 5. The molecule has 2 aromatic heterocycles. The quantitative estimate of drug-likeness (QED) is 0.0549. The summed E-state index contributed by atoms with van der Waals surface area (Å²) in [5.74, 6) is 2.18. The summed E-state index contributed by atoms with van der Waals surface area (Å²) in [6.45, 7) is 6.18. The molecule has 7 aromatic rings. The van der Waals surface area contributed by atoms with Crippen LogP contribution in [-0.4, -0.2) is 148 Å². The van der Waals surface area contributed by atoms with Crippen LogP contribution in [0.25, 0.3) is 33.3 Å². The van der Waals surface area contributed by atoms with Crippen LogP contribution in [0.2, 0.25) is 0 Å². The normalized spacial score (nSPS) is 12.8. The van der Waals surface area contributed by atoms with Gasteiger partial charge in [0.05, 0.1) is 87.9 Å². The van der Waals surface area contributed by atoms with E-state index in [4.69, 9.17) is 38.4 Å². The van der Waals surface area contributed by atoms with Gasteiger partial charge in [0.25, 0.3) is 5.91 Å². The second kappa shape index (κ2) is 24.4. The number of methoxy groups -OCH3 is 3. The zero-order valence-electron chi connectivity index (χ0n) is 39.9. The van der Waals surface area contributed by atoms with Crippen LogP contribution in [0.4, 0.5) is 22.7 Å². The Hall–Kier alpha value is -7.15. The van der Waals surface area contributed by atoms with Crippen LogP contribution in [0.3, 0.4) is 0 Å². The van der Waals surface area contributed by atoms with Crippen LogP contribution in [0, 0.1) is 0 Å². The first kappa shape index (κ1) is 49.3. The number of fused-ring (bicyclic) bond motifs is 2. The lowest BCUT2D eigenvalue weighted by atomic mass is 10.0. The third-order valence-electron chi connectivity index (χ3n) is 11.9. The smallest absolute Gasteiger partial charge is 0.271 e. The van der Waals surface area contributed by atoms with Crippen LogP contribution in [0.5, 0.6) is 23.0 Å². The minimum atomic E-state index is -0.274. The lowest BCUT2D eigenvalue weighted by molar-refractivity contribution is 0.0383. The van der Waals surface area contributed by atoms with Crippen molar-refractivity contribution < 1.29 is 43.4 Å². The van der Waals surface area contributed by atoms with E-state index in [1.807, 2.05) is 102 Å². The number of anilines is 4. The zero-order chi connectivity index (χ0) is 48.7. The molecule has 5 aromatic carbocycles. The number of nitrogens with one attached hydrogen (secondary N) is 1. The van der Waals surface area contributed by atoms with Crippen molar-refractivity contribution in [1.82, 2.24) is 30.2 Å². The SMILES string of the molecule is COc1cc(OCCOCCCN(c2cc(OC)cc(OC)c2)c2ccc3ncc(C(=O)NCCN4CCOCC4)nc3c2)cc(N(CCO)c2ccc3ncc(-c4ccccc4CCO)nc3c2)c1. The van der Waals surface area contributed by atoms with Gasteiger partial charge in [-0.15, -0.1) is 0 Å². The summed E-state index contributed by atoms with van der Waals surface area (Å²) < 4.78 is 34.7. The van der Waals surface area contributed by atoms with E-state index >= 15 is 0 Å². The highest BCUT2D eigenvalue weighted by Gasteiger charge is 2.18. The molecule has 0 spiro atoms. The number of aliphatic hydroxyl groups excluding tert-OH is 2. The van der Waals surface area contributed by atoms with E-state index < -0.39 is 0 Å². The van der Waals surface area contributed by atoms with Crippen molar-refractivity contribution in [3.8, 4) is 34.3 Å². The van der Waals surface area contributed by atoms with Crippen molar-refractivity contribution in [3.63, 3.8) is 0 Å². The van der Waals surface area contributed by atoms with Crippen molar-refractivity contribution in [1.29, 1.82) is 0 Å². The summed E-state index contributed by atoms with van der Waals surface area (Å²) in [5, 5.41) is 22.8. The molecular weight excluding hydrogens is 893 g/mol. The van der Waals surface area contributed by atoms with Gasteiger partial charge in [0.15, 0.2) is 0 Å². The van der Waals surface area contributed by atoms with Gasteiger partial charge in [-0.1, -0.05) is 24.3 Å². The number of morpholine rings is 1. The third kappa shape index (κ3) is 12.5. The van der Waals surface area contributed by atoms with Crippen LogP contribution >= 0.6 is 0 Å². The number of aliphatic hydroxyl groups is 2. The van der Waals surface area contributed by atoms with Crippen LogP contribution < -0.4 is 34.1 Å². The predicted octanol–water partition coefficient (Wildman–Crippen LogP) is 6.62. The van der Waals surface area contributed by atoms with E-state index in [1.54, 1.807) is 27.5 Å². The highest BCUT2D eigenvalue weighted by molar-refractivity contribution is 5.94. The Morgan fingerprint density at radius 2 is 1.30 bits per heavy atom. The van der Waals surface area contributed by atoms with Gasteiger partial charge in [0.1, 0.15) is 35.3 Å². The molecule has 17 heteroatoms. The molecule has 0 saturated carbocycles. The van der Waals surface area contributed by atoms with Gasteiger partial charge < -0.3 is 53.8 Å². The number of carbonyl (C=O) groups excluding carboxylic acids is 1. The van der Waals surface area contributed by atoms with E-state index in [9.17, 15) is 15.0 Å². The molecule has 0 radical (unpaired) electrons. The molecular formula is C53H60N8O9. The van der Waals surface area contributed by atoms with Crippen molar-refractivity contribution in [3.05, 3.63) is 121 Å². The molecule has 366 valence electrons. The van der Waals surface area contributed by atoms with Gasteiger partial charge >= 0.3 is 0 Å². The van der Waals surface area contributed by atoms with Crippen molar-refractivity contribution >= 4 is 50.7 Å². The molecule has 1 aliphatic rings. The van der Waals surface area contributed by atoms with Gasteiger partial charge in [-0.2, -0.15) is 0 Å². The molecule has 1 fully saturated rings. The number of rotatable bonds is 24. The van der Waals surface area contributed by atoms with E-state index in [0.717, 1.165) is 59.0 Å². The number of nitrogens with zero attached hydrogens (tertiary/aromatic N) is 7. The minimum absolute atomic E-state index is 0.0344. The molecule has 3 heterocycles. The fourth-order valence-corrected chi connectivity index (χ4v) is 8.35. The largest absolute Gasteiger partial charge is 0.497 e. The van der Waals surface area contributed by atoms with Gasteiger partial charge in [-0.25, -0.2) is 9.97 Å². The summed E-state index contributed by atoms with van der Waals surface area (Å²) in [4.78, 5) is 38.5. The number of aromatic nitrogens is 4. The highest BCUT2D eigenvalue weighted by Crippen LogP contribution is 2.36. The second-order valence-electron chi connectivity index (χ2n) is 16.5. The monoisotopic (exact) mass is 952 g/mol. The minimum Gasteiger partial charge on any atom is -0.497 e. The molecule has 3 N–H and O–H groups in total. The van der Waals surface area contributed by atoms with E-state index in [-0.39, 0.29) is 31.4 Å². The van der Waals surface area contributed by atoms with Crippen molar-refractivity contribution in [2.24, 2.45) is 0 Å². The summed E-state index contributed by atoms with van der Waals surface area (Å²) >= 11 is 0. The summed E-state index contributed by atoms with van der Waals surface area (Å²) in [6.07, 6.45) is 4.43. The zero-order valence-corrected chi connectivity index (χ0v) is 39.9. The maximum Gasteiger partial charge on any atom is 0.271 e. The maximum absolute atomic E-state index is 13.1. The standard InChI is InChI=1S/C53H60N8O9/c1-65-42-27-40(28-43(33-42)66-2)60(38-9-11-48-50(31-38)58-52(36-56-48)53(64)54-14-16-59-18-23-69-24-19-59)15-6-22-68-25-26-70-45-30-41(29-44(34-45)67-3)61(17-21-63)39-10-12-47-49(32-39)57-51(35-55-47)46-8-5-4-7-37(46)13-20-62/h4-5,7-12,27-36,62-63H,6,13-26H2,1-3H3,(H,54,64). The molecule has 0 atom stereocenters. The molecule has 8 rings (SSSR count). The lowest BCUT2D eigenvalue weighted by Crippen LogP contribution is -2.41. The summed E-state index contributed by atoms with van der Waals surface area (Å²) in [5.41, 5.74) is 8.80. The number of ether oxygens (including phenoxy) is 6. The number of hydrogen-bond donors (Lipinski definition) is 3. The Morgan fingerprint density at radius 3 is 1.97 bits per heavy atom. The summed E-state index contributed by atoms with van der Waals surface area (Å²) in [7, 11) is 4.84. The van der Waals surface area contributed by atoms with Gasteiger partial charge in [0.2, 0.25) is 0 Å². The summed E-state index contributed by atoms with van der Waals surface area (Å²) in [6, 6.07) is 30.8. The molecule has 1 saturated heterocycles. The Kier molecular flexibility index (Phi) is 17.2. The van der Waals surface area contributed by atoms with E-state index in [0.29, 0.717) is 104 Å². The Balaban J connectivity index is 0.916. The molecule has 0 bridgehead atoms. The maximum atomic E-state index is 13.1. The fourth-order valence-electron chi connectivity index (χ4n) is 8.35. The molecule has 1 aliphatic heterocycles. The molecule has 0 unspecified atom stereocenters. The molecule has 17 nitrogen and oxygen atoms in total. The number of carbonyl (C=O) groups is 1. The lowest BCUT2D eigenvalue weighted by Gasteiger charge is -2.26. The average molecular weight is 953 g/mol. The molecule has 0 aliphatic carbocycles. The van der Waals surface area contributed by atoms with Crippen molar-refractivity contribution in [2.75, 3.05) is 117 Å². The topological polar surface area (TPSA) is 186 Å².